The molecule has 1 N–H and O–H groups in total. The molecule has 0 spiro atoms. The van der Waals surface area contributed by atoms with E-state index in [4.69, 9.17) is 4.74 Å². The van der Waals surface area contributed by atoms with E-state index in [0.717, 1.165) is 44.9 Å². The zero-order valence-electron chi connectivity index (χ0n) is 14.5. The lowest BCUT2D eigenvalue weighted by molar-refractivity contribution is -0.171. The first-order valence-electron chi connectivity index (χ1n) is 9.45. The Balaban J connectivity index is 1.36. The van der Waals surface area contributed by atoms with Crippen molar-refractivity contribution in [1.29, 1.82) is 5.26 Å². The molecular weight excluding hydrogens is 384 g/mol. The molecule has 0 radical (unpaired) electrons. The summed E-state index contributed by atoms with van der Waals surface area (Å²) in [7, 11) is 0. The highest BCUT2D eigenvalue weighted by molar-refractivity contribution is 9.10. The van der Waals surface area contributed by atoms with E-state index in [2.05, 4.69) is 27.3 Å². The van der Waals surface area contributed by atoms with Gasteiger partial charge in [-0.2, -0.15) is 5.26 Å². The number of amides is 1. The molecule has 136 valence electrons. The zero-order valence-corrected chi connectivity index (χ0v) is 16.1. The van der Waals surface area contributed by atoms with Crippen LogP contribution in [0.4, 0.5) is 0 Å². The van der Waals surface area contributed by atoms with Crippen molar-refractivity contribution in [1.82, 2.24) is 5.32 Å². The Morgan fingerprint density at radius 1 is 1.16 bits per heavy atom. The van der Waals surface area contributed by atoms with Gasteiger partial charge < -0.3 is 10.1 Å². The summed E-state index contributed by atoms with van der Waals surface area (Å²) in [6.07, 6.45) is 9.44. The van der Waals surface area contributed by atoms with Crippen LogP contribution in [0.5, 0.6) is 0 Å². The summed E-state index contributed by atoms with van der Waals surface area (Å²) in [5.74, 6) is 0.637. The van der Waals surface area contributed by atoms with Crippen LogP contribution in [-0.4, -0.2) is 28.3 Å². The van der Waals surface area contributed by atoms with Gasteiger partial charge in [0.1, 0.15) is 5.54 Å². The Kier molecular flexibility index (Phi) is 4.14. The number of rotatable bonds is 4. The van der Waals surface area contributed by atoms with Gasteiger partial charge in [0.25, 0.3) is 5.91 Å². The number of hydrogen-bond acceptors (Lipinski definition) is 4. The topological polar surface area (TPSA) is 79.2 Å². The van der Waals surface area contributed by atoms with Gasteiger partial charge in [0.05, 0.1) is 11.5 Å². The van der Waals surface area contributed by atoms with Crippen LogP contribution in [-0.2, 0) is 14.3 Å². The maximum absolute atomic E-state index is 12.8. The Hall–Kier alpha value is -1.09. The number of hydrogen-bond donors (Lipinski definition) is 1. The number of carbonyl (C=O) groups excluding carboxylic acids is 2. The monoisotopic (exact) mass is 408 g/mol. The minimum atomic E-state index is -0.760. The lowest BCUT2D eigenvalue weighted by Gasteiger charge is -2.58. The number of nitriles is 1. The predicted octanol–water partition coefficient (Wildman–Crippen LogP) is 3.22. The van der Waals surface area contributed by atoms with E-state index in [1.54, 1.807) is 0 Å². The largest absolute Gasteiger partial charge is 0.455 e. The molecule has 0 heterocycles. The summed E-state index contributed by atoms with van der Waals surface area (Å²) in [6, 6.07) is 2.23. The number of carbonyl (C=O) groups is 2. The molecule has 5 aliphatic rings. The van der Waals surface area contributed by atoms with Gasteiger partial charge in [-0.3, -0.25) is 9.59 Å². The summed E-state index contributed by atoms with van der Waals surface area (Å²) >= 11 is 3.89. The minimum absolute atomic E-state index is 0.0904. The van der Waals surface area contributed by atoms with Gasteiger partial charge in [-0.1, -0.05) is 15.9 Å². The smallest absolute Gasteiger partial charge is 0.312 e. The standard InChI is InChI=1S/C19H25BrN2O3/c20-18-8-13-5-14(9-18)7-17(6-13,11-18)16(24)25-10-15(23)22-19(12-21)3-1-2-4-19/h13-14H,1-11H2,(H,22,23)/t13-,14-,17?,18?/m0/s1. The Labute approximate surface area is 157 Å². The molecular formula is C19H25BrN2O3. The van der Waals surface area contributed by atoms with Gasteiger partial charge in [0.15, 0.2) is 6.61 Å². The quantitative estimate of drug-likeness (QED) is 0.571. The fourth-order valence-corrected chi connectivity index (χ4v) is 7.67. The highest BCUT2D eigenvalue weighted by Gasteiger charge is 2.60. The number of alkyl halides is 1. The summed E-state index contributed by atoms with van der Waals surface area (Å²) in [6.45, 7) is -0.269. The van der Waals surface area contributed by atoms with Gasteiger partial charge >= 0.3 is 5.97 Å². The van der Waals surface area contributed by atoms with Crippen LogP contribution in [0.2, 0.25) is 0 Å². The number of nitrogens with zero attached hydrogens (tertiary/aromatic N) is 1. The fourth-order valence-electron chi connectivity index (χ4n) is 6.22. The molecule has 5 rings (SSSR count). The maximum Gasteiger partial charge on any atom is 0.312 e. The molecule has 0 aromatic heterocycles. The van der Waals surface area contributed by atoms with E-state index < -0.39 is 11.0 Å². The van der Waals surface area contributed by atoms with E-state index in [1.807, 2.05) is 0 Å². The molecule has 5 nitrogen and oxygen atoms in total. The van der Waals surface area contributed by atoms with E-state index in [-0.39, 0.29) is 22.8 Å². The summed E-state index contributed by atoms with van der Waals surface area (Å²) in [5.41, 5.74) is -1.17. The van der Waals surface area contributed by atoms with Crippen LogP contribution in [0.15, 0.2) is 0 Å². The molecule has 5 fully saturated rings. The molecule has 4 bridgehead atoms. The van der Waals surface area contributed by atoms with Crippen LogP contribution in [0, 0.1) is 28.6 Å². The van der Waals surface area contributed by atoms with E-state index in [0.29, 0.717) is 24.7 Å². The van der Waals surface area contributed by atoms with Crippen LogP contribution in [0.25, 0.3) is 0 Å². The normalized spacial score (nSPS) is 40.5. The fraction of sp³-hybridized carbons (Fsp3) is 0.842. The first-order chi connectivity index (χ1) is 11.9. The summed E-state index contributed by atoms with van der Waals surface area (Å²) in [4.78, 5) is 25.1. The van der Waals surface area contributed by atoms with Gasteiger partial charge in [-0.15, -0.1) is 0 Å². The lowest BCUT2D eigenvalue weighted by Crippen LogP contribution is -2.56. The van der Waals surface area contributed by atoms with Crippen molar-refractivity contribution in [3.05, 3.63) is 0 Å². The van der Waals surface area contributed by atoms with Crippen molar-refractivity contribution in [2.75, 3.05) is 6.61 Å². The first kappa shape index (κ1) is 17.3. The minimum Gasteiger partial charge on any atom is -0.455 e. The van der Waals surface area contributed by atoms with Gasteiger partial charge in [-0.25, -0.2) is 0 Å². The SMILES string of the molecule is N#CC1(NC(=O)COC(=O)C23C[C@@H]4C[C@H](CC(Br)(C4)C2)C3)CCCC1. The summed E-state index contributed by atoms with van der Waals surface area (Å²) in [5, 5.41) is 12.1. The summed E-state index contributed by atoms with van der Waals surface area (Å²) < 4.78 is 5.54. The van der Waals surface area contributed by atoms with E-state index in [9.17, 15) is 14.9 Å². The van der Waals surface area contributed by atoms with Crippen LogP contribution < -0.4 is 5.32 Å². The van der Waals surface area contributed by atoms with E-state index in [1.165, 1.54) is 6.42 Å². The second-order valence-electron chi connectivity index (χ2n) is 8.92. The number of nitrogens with one attached hydrogen (secondary N) is 1. The predicted molar refractivity (Wildman–Crippen MR) is 94.7 cm³/mol. The molecule has 5 saturated carbocycles. The molecule has 0 unspecified atom stereocenters. The second-order valence-corrected chi connectivity index (χ2v) is 10.6. The van der Waals surface area contributed by atoms with Crippen molar-refractivity contribution >= 4 is 27.8 Å². The highest BCUT2D eigenvalue weighted by atomic mass is 79.9. The molecule has 2 atom stereocenters. The number of esters is 1. The van der Waals surface area contributed by atoms with Crippen molar-refractivity contribution in [2.24, 2.45) is 17.3 Å². The van der Waals surface area contributed by atoms with Gasteiger partial charge in [-0.05, 0) is 76.0 Å². The van der Waals surface area contributed by atoms with Gasteiger partial charge in [0, 0.05) is 4.32 Å². The number of ether oxygens (including phenoxy) is 1. The third-order valence-corrected chi connectivity index (χ3v) is 7.73. The zero-order chi connectivity index (χ0) is 17.7. The Bertz CT molecular complexity index is 621. The third kappa shape index (κ3) is 3.09. The molecule has 0 saturated heterocycles. The van der Waals surface area contributed by atoms with Crippen molar-refractivity contribution in [2.45, 2.75) is 74.1 Å². The van der Waals surface area contributed by atoms with Crippen molar-refractivity contribution < 1.29 is 14.3 Å². The van der Waals surface area contributed by atoms with Crippen LogP contribution in [0.3, 0.4) is 0 Å². The molecule has 5 aliphatic carbocycles. The Morgan fingerprint density at radius 2 is 1.80 bits per heavy atom. The maximum atomic E-state index is 12.8. The second kappa shape index (κ2) is 5.97. The van der Waals surface area contributed by atoms with Crippen molar-refractivity contribution in [3.63, 3.8) is 0 Å². The number of halogens is 1. The van der Waals surface area contributed by atoms with Crippen molar-refractivity contribution in [3.8, 4) is 6.07 Å². The Morgan fingerprint density at radius 3 is 2.36 bits per heavy atom. The third-order valence-electron chi connectivity index (χ3n) is 6.81. The van der Waals surface area contributed by atoms with Gasteiger partial charge in [0.2, 0.25) is 0 Å². The van der Waals surface area contributed by atoms with Crippen LogP contribution in [0.1, 0.15) is 64.2 Å². The molecule has 0 aromatic rings. The first-order valence-corrected chi connectivity index (χ1v) is 10.2. The molecule has 0 aromatic carbocycles. The van der Waals surface area contributed by atoms with Crippen LogP contribution >= 0.6 is 15.9 Å². The molecule has 6 heteroatoms. The average Bonchev–Trinajstić information content (AvgIpc) is 2.99. The molecule has 0 aliphatic heterocycles. The average molecular weight is 409 g/mol. The molecule has 1 amide bonds. The van der Waals surface area contributed by atoms with E-state index >= 15 is 0 Å². The highest BCUT2D eigenvalue weighted by Crippen LogP contribution is 2.64. The molecule has 25 heavy (non-hydrogen) atoms. The lowest BCUT2D eigenvalue weighted by atomic mass is 9.49.